The molecule has 1 aromatic heterocycles. The van der Waals surface area contributed by atoms with Crippen LogP contribution < -0.4 is 0 Å². The highest BCUT2D eigenvalue weighted by Crippen LogP contribution is 1.94. The Balaban J connectivity index is 0. The van der Waals surface area contributed by atoms with Gasteiger partial charge in [0.05, 0.1) is 6.20 Å². The maximum absolute atomic E-state index is 4.00. The summed E-state index contributed by atoms with van der Waals surface area (Å²) >= 11 is 0. The van der Waals surface area contributed by atoms with Crippen molar-refractivity contribution < 1.29 is 0 Å². The number of hydrogen-bond acceptors (Lipinski definition) is 1. The summed E-state index contributed by atoms with van der Waals surface area (Å²) in [5.41, 5.74) is 1.30. The summed E-state index contributed by atoms with van der Waals surface area (Å²) in [6, 6.07) is 0. The number of hydrogen-bond donors (Lipinski definition) is 0. The summed E-state index contributed by atoms with van der Waals surface area (Å²) in [4.78, 5) is 0. The highest BCUT2D eigenvalue weighted by Gasteiger charge is 1.87. The van der Waals surface area contributed by atoms with Crippen LogP contribution >= 0.6 is 0 Å². The average molecular weight is 170 g/mol. The Morgan fingerprint density at radius 2 is 1.75 bits per heavy atom. The molecule has 1 aromatic rings. The molecule has 0 spiro atoms. The highest BCUT2D eigenvalue weighted by molar-refractivity contribution is 5.02. The van der Waals surface area contributed by atoms with Gasteiger partial charge in [-0.2, -0.15) is 5.10 Å². The van der Waals surface area contributed by atoms with Gasteiger partial charge < -0.3 is 0 Å². The minimum atomic E-state index is 1.08. The molecule has 0 radical (unpaired) electrons. The molecule has 1 heterocycles. The van der Waals surface area contributed by atoms with Gasteiger partial charge >= 0.3 is 0 Å². The third kappa shape index (κ3) is 5.96. The van der Waals surface area contributed by atoms with Crippen molar-refractivity contribution in [1.82, 2.24) is 9.78 Å². The molecule has 0 aliphatic rings. The second kappa shape index (κ2) is 10.2. The van der Waals surface area contributed by atoms with E-state index in [-0.39, 0.29) is 0 Å². The number of aromatic nitrogens is 2. The van der Waals surface area contributed by atoms with Gasteiger partial charge in [-0.25, -0.2) is 0 Å². The van der Waals surface area contributed by atoms with E-state index in [1.54, 1.807) is 0 Å². The van der Waals surface area contributed by atoms with Crippen LogP contribution in [0.2, 0.25) is 0 Å². The molecule has 0 aliphatic carbocycles. The van der Waals surface area contributed by atoms with Crippen LogP contribution in [0.15, 0.2) is 12.4 Å². The molecule has 0 aromatic carbocycles. The molecule has 0 saturated carbocycles. The van der Waals surface area contributed by atoms with Gasteiger partial charge in [0.2, 0.25) is 0 Å². The van der Waals surface area contributed by atoms with Crippen molar-refractivity contribution >= 4 is 0 Å². The van der Waals surface area contributed by atoms with Crippen LogP contribution in [0.5, 0.6) is 0 Å². The Hall–Kier alpha value is -0.790. The first-order chi connectivity index (χ1) is 5.83. The second-order valence-corrected chi connectivity index (χ2v) is 1.88. The molecule has 0 N–H and O–H groups in total. The van der Waals surface area contributed by atoms with Gasteiger partial charge in [0.25, 0.3) is 0 Å². The first kappa shape index (κ1) is 13.8. The maximum atomic E-state index is 4.00. The molecule has 0 saturated heterocycles. The van der Waals surface area contributed by atoms with Crippen LogP contribution in [0.3, 0.4) is 0 Å². The fourth-order valence-corrected chi connectivity index (χ4v) is 0.654. The minimum absolute atomic E-state index is 1.08. The van der Waals surface area contributed by atoms with E-state index in [9.17, 15) is 0 Å². The van der Waals surface area contributed by atoms with Crippen molar-refractivity contribution in [3.63, 3.8) is 0 Å². The van der Waals surface area contributed by atoms with E-state index in [1.807, 2.05) is 51.8 Å². The van der Waals surface area contributed by atoms with E-state index in [0.29, 0.717) is 0 Å². The Bertz CT molecular complexity index is 168. The zero-order valence-electron chi connectivity index (χ0n) is 9.26. The molecule has 0 aliphatic heterocycles. The molecular formula is C10H22N2. The Morgan fingerprint density at radius 3 is 1.92 bits per heavy atom. The molecule has 0 fully saturated rings. The van der Waals surface area contributed by atoms with Crippen molar-refractivity contribution in [2.24, 2.45) is 7.05 Å². The van der Waals surface area contributed by atoms with Gasteiger partial charge in [0.15, 0.2) is 0 Å². The summed E-state index contributed by atoms with van der Waals surface area (Å²) in [5, 5.41) is 4.00. The van der Waals surface area contributed by atoms with Gasteiger partial charge in [-0.15, -0.1) is 0 Å². The zero-order valence-corrected chi connectivity index (χ0v) is 9.26. The molecule has 2 heteroatoms. The van der Waals surface area contributed by atoms with Crippen molar-refractivity contribution in [3.05, 3.63) is 18.0 Å². The lowest BCUT2D eigenvalue weighted by atomic mass is 10.3. The van der Waals surface area contributed by atoms with Gasteiger partial charge in [0, 0.05) is 13.2 Å². The summed E-state index contributed by atoms with van der Waals surface area (Å²) in [6.07, 6.45) is 4.99. The summed E-state index contributed by atoms with van der Waals surface area (Å²) in [5.74, 6) is 0. The normalized spacial score (nSPS) is 7.50. The highest BCUT2D eigenvalue weighted by atomic mass is 15.2. The zero-order chi connectivity index (χ0) is 9.98. The van der Waals surface area contributed by atoms with E-state index in [0.717, 1.165) is 6.42 Å². The lowest BCUT2D eigenvalue weighted by Crippen LogP contribution is -1.84. The first-order valence-corrected chi connectivity index (χ1v) is 4.80. The Kier molecular flexibility index (Phi) is 11.7. The largest absolute Gasteiger partial charge is 0.276 e. The Labute approximate surface area is 76.6 Å². The summed E-state index contributed by atoms with van der Waals surface area (Å²) in [7, 11) is 1.93. The van der Waals surface area contributed by atoms with E-state index >= 15 is 0 Å². The van der Waals surface area contributed by atoms with Gasteiger partial charge in [-0.05, 0) is 12.0 Å². The monoisotopic (exact) mass is 170 g/mol. The van der Waals surface area contributed by atoms with Gasteiger partial charge in [-0.1, -0.05) is 34.6 Å². The van der Waals surface area contributed by atoms with Crippen molar-refractivity contribution in [2.45, 2.75) is 41.0 Å². The van der Waals surface area contributed by atoms with Crippen LogP contribution in [0.4, 0.5) is 0 Å². The van der Waals surface area contributed by atoms with Crippen LogP contribution in [0.25, 0.3) is 0 Å². The molecule has 2 nitrogen and oxygen atoms in total. The number of aryl methyl sites for hydroxylation is 2. The molecule has 0 unspecified atom stereocenters. The van der Waals surface area contributed by atoms with Crippen molar-refractivity contribution in [2.75, 3.05) is 0 Å². The van der Waals surface area contributed by atoms with Crippen LogP contribution in [0.1, 0.15) is 40.2 Å². The van der Waals surface area contributed by atoms with Gasteiger partial charge in [0.1, 0.15) is 0 Å². The number of rotatable bonds is 1. The van der Waals surface area contributed by atoms with E-state index in [4.69, 9.17) is 0 Å². The average Bonchev–Trinajstić information content (AvgIpc) is 2.58. The lowest BCUT2D eigenvalue weighted by molar-refractivity contribution is 0.767. The Morgan fingerprint density at radius 1 is 1.25 bits per heavy atom. The fraction of sp³-hybridized carbons (Fsp3) is 0.700. The smallest absolute Gasteiger partial charge is 0.0521 e. The predicted octanol–water partition coefficient (Wildman–Crippen LogP) is 3.03. The SMILES string of the molecule is CC.CC.CCc1cnn(C)c1. The van der Waals surface area contributed by atoms with Crippen molar-refractivity contribution in [3.8, 4) is 0 Å². The summed E-state index contributed by atoms with van der Waals surface area (Å²) < 4.78 is 1.82. The quantitative estimate of drug-likeness (QED) is 0.633. The van der Waals surface area contributed by atoms with E-state index in [2.05, 4.69) is 12.0 Å². The first-order valence-electron chi connectivity index (χ1n) is 4.80. The second-order valence-electron chi connectivity index (χ2n) is 1.88. The van der Waals surface area contributed by atoms with Gasteiger partial charge in [-0.3, -0.25) is 4.68 Å². The molecule has 0 atom stereocenters. The maximum Gasteiger partial charge on any atom is 0.0521 e. The van der Waals surface area contributed by atoms with E-state index in [1.165, 1.54) is 5.56 Å². The van der Waals surface area contributed by atoms with Crippen molar-refractivity contribution in [1.29, 1.82) is 0 Å². The number of nitrogens with zero attached hydrogens (tertiary/aromatic N) is 2. The van der Waals surface area contributed by atoms with Crippen LogP contribution in [-0.4, -0.2) is 9.78 Å². The molecule has 0 bridgehead atoms. The minimum Gasteiger partial charge on any atom is -0.276 e. The molecule has 72 valence electrons. The molecule has 0 amide bonds. The summed E-state index contributed by atoms with van der Waals surface area (Å²) in [6.45, 7) is 10.1. The van der Waals surface area contributed by atoms with E-state index < -0.39 is 0 Å². The van der Waals surface area contributed by atoms with Crippen LogP contribution in [0, 0.1) is 0 Å². The van der Waals surface area contributed by atoms with Crippen LogP contribution in [-0.2, 0) is 13.5 Å². The third-order valence-corrected chi connectivity index (χ3v) is 1.17. The lowest BCUT2D eigenvalue weighted by Gasteiger charge is -1.81. The molecular weight excluding hydrogens is 148 g/mol. The fourth-order valence-electron chi connectivity index (χ4n) is 0.654. The standard InChI is InChI=1S/C6H10N2.2C2H6/c1-3-6-4-7-8(2)5-6;2*1-2/h4-5H,3H2,1-2H3;2*1-2H3. The third-order valence-electron chi connectivity index (χ3n) is 1.17. The molecule has 12 heavy (non-hydrogen) atoms. The molecule has 1 rings (SSSR count). The topological polar surface area (TPSA) is 17.8 Å². The predicted molar refractivity (Wildman–Crippen MR) is 55.3 cm³/mol.